The minimum absolute atomic E-state index is 0.114. The minimum atomic E-state index is -0.500. The maximum absolute atomic E-state index is 12.1. The Labute approximate surface area is 216 Å². The van der Waals surface area contributed by atoms with E-state index in [9.17, 15) is 4.79 Å². The maximum atomic E-state index is 12.1. The average molecular weight is 503 g/mol. The third-order valence-electron chi connectivity index (χ3n) is 6.67. The number of piperidine rings is 1. The molecule has 0 bridgehead atoms. The van der Waals surface area contributed by atoms with E-state index >= 15 is 0 Å². The number of pyridine rings is 1. The van der Waals surface area contributed by atoms with Crippen molar-refractivity contribution in [2.75, 3.05) is 25.9 Å². The first-order chi connectivity index (χ1) is 17.7. The van der Waals surface area contributed by atoms with Crippen LogP contribution >= 0.6 is 0 Å². The summed E-state index contributed by atoms with van der Waals surface area (Å²) < 4.78 is 17.3. The quantitative estimate of drug-likeness (QED) is 0.359. The molecule has 4 aromatic rings. The van der Waals surface area contributed by atoms with Crippen molar-refractivity contribution in [2.24, 2.45) is 0 Å². The van der Waals surface area contributed by atoms with Crippen LogP contribution in [0.4, 0.5) is 10.6 Å². The molecule has 2 aromatic heterocycles. The first kappa shape index (κ1) is 24.9. The van der Waals surface area contributed by atoms with Gasteiger partial charge in [0.1, 0.15) is 28.5 Å². The van der Waals surface area contributed by atoms with E-state index in [4.69, 9.17) is 19.6 Å². The van der Waals surface area contributed by atoms with E-state index in [1.165, 1.54) is 0 Å². The van der Waals surface area contributed by atoms with Crippen molar-refractivity contribution in [3.05, 3.63) is 54.2 Å². The number of fused-ring (bicyclic) bond motifs is 2. The van der Waals surface area contributed by atoms with Gasteiger partial charge in [0.15, 0.2) is 0 Å². The molecule has 2 aromatic carbocycles. The molecule has 1 aliphatic heterocycles. The number of aromatic nitrogens is 1. The van der Waals surface area contributed by atoms with Gasteiger partial charge in [-0.15, -0.1) is 0 Å². The number of carbonyl (C=O) groups is 1. The number of nitrogens with one attached hydrogen (secondary N) is 1. The molecule has 37 heavy (non-hydrogen) atoms. The van der Waals surface area contributed by atoms with Crippen LogP contribution in [0.25, 0.3) is 33.1 Å². The molecule has 0 spiro atoms. The van der Waals surface area contributed by atoms with Crippen LogP contribution < -0.4 is 15.8 Å². The Bertz CT molecular complexity index is 1400. The van der Waals surface area contributed by atoms with Crippen LogP contribution in [-0.2, 0) is 11.3 Å². The fourth-order valence-corrected chi connectivity index (χ4v) is 4.95. The molecule has 1 fully saturated rings. The van der Waals surface area contributed by atoms with Gasteiger partial charge in [0.25, 0.3) is 0 Å². The van der Waals surface area contributed by atoms with Crippen LogP contribution in [0.15, 0.2) is 53.1 Å². The number of methoxy groups -OCH3 is 1. The highest BCUT2D eigenvalue weighted by Crippen LogP contribution is 2.39. The number of furan rings is 1. The topological polar surface area (TPSA) is 103 Å². The molecule has 1 saturated heterocycles. The summed E-state index contributed by atoms with van der Waals surface area (Å²) in [6.45, 7) is 8.11. The normalized spacial score (nSPS) is 15.2. The molecular weight excluding hydrogens is 468 g/mol. The molecule has 1 aliphatic rings. The largest absolute Gasteiger partial charge is 0.496 e. The predicted molar refractivity (Wildman–Crippen MR) is 146 cm³/mol. The molecule has 0 unspecified atom stereocenters. The number of nitrogens with zero attached hydrogens (tertiary/aromatic N) is 2. The Morgan fingerprint density at radius 3 is 2.65 bits per heavy atom. The van der Waals surface area contributed by atoms with E-state index in [1.54, 1.807) is 13.3 Å². The van der Waals surface area contributed by atoms with Gasteiger partial charge in [-0.05, 0) is 63.4 Å². The molecule has 0 aliphatic carbocycles. The van der Waals surface area contributed by atoms with Crippen molar-refractivity contribution in [3.8, 4) is 17.1 Å². The van der Waals surface area contributed by atoms with Gasteiger partial charge in [0.05, 0.1) is 12.5 Å². The van der Waals surface area contributed by atoms with E-state index in [-0.39, 0.29) is 12.1 Å². The van der Waals surface area contributed by atoms with E-state index < -0.39 is 5.60 Å². The average Bonchev–Trinajstić information content (AvgIpc) is 3.28. The molecule has 0 saturated carbocycles. The summed E-state index contributed by atoms with van der Waals surface area (Å²) in [6, 6.07) is 14.3. The summed E-state index contributed by atoms with van der Waals surface area (Å²) >= 11 is 0. The van der Waals surface area contributed by atoms with Crippen molar-refractivity contribution in [2.45, 2.75) is 51.8 Å². The van der Waals surface area contributed by atoms with Crippen molar-refractivity contribution in [1.82, 2.24) is 15.2 Å². The van der Waals surface area contributed by atoms with Gasteiger partial charge in [0, 0.05) is 48.2 Å². The summed E-state index contributed by atoms with van der Waals surface area (Å²) in [5, 5.41) is 5.77. The zero-order chi connectivity index (χ0) is 26.2. The van der Waals surface area contributed by atoms with Crippen molar-refractivity contribution in [1.29, 1.82) is 0 Å². The highest BCUT2D eigenvalue weighted by Gasteiger charge is 2.24. The van der Waals surface area contributed by atoms with Gasteiger partial charge in [-0.25, -0.2) is 9.78 Å². The number of anilines is 1. The van der Waals surface area contributed by atoms with Crippen LogP contribution in [0.5, 0.6) is 5.75 Å². The lowest BCUT2D eigenvalue weighted by atomic mass is 9.99. The smallest absolute Gasteiger partial charge is 0.407 e. The number of alkyl carbamates (subject to hydrolysis) is 1. The predicted octanol–water partition coefficient (Wildman–Crippen LogP) is 5.73. The van der Waals surface area contributed by atoms with Crippen LogP contribution in [-0.4, -0.2) is 47.8 Å². The maximum Gasteiger partial charge on any atom is 0.407 e. The SMILES string of the molecule is COc1cc(CN2CCC(NC(=O)OC(C)(C)C)CC2)cc2c(-c3cc4ccccc4o3)cnc(N)c12. The minimum Gasteiger partial charge on any atom is -0.496 e. The van der Waals surface area contributed by atoms with Gasteiger partial charge < -0.3 is 24.9 Å². The monoisotopic (exact) mass is 502 g/mol. The van der Waals surface area contributed by atoms with Crippen LogP contribution in [0.2, 0.25) is 0 Å². The van der Waals surface area contributed by atoms with E-state index in [0.29, 0.717) is 11.6 Å². The second kappa shape index (κ2) is 9.94. The lowest BCUT2D eigenvalue weighted by Crippen LogP contribution is -2.45. The van der Waals surface area contributed by atoms with E-state index in [2.05, 4.69) is 21.3 Å². The highest BCUT2D eigenvalue weighted by atomic mass is 16.6. The Morgan fingerprint density at radius 2 is 1.95 bits per heavy atom. The second-order valence-electron chi connectivity index (χ2n) is 10.6. The van der Waals surface area contributed by atoms with E-state index in [1.807, 2.05) is 57.2 Å². The number of nitrogens with two attached hydrogens (primary N) is 1. The van der Waals surface area contributed by atoms with Crippen molar-refractivity contribution < 1.29 is 18.7 Å². The molecule has 5 rings (SSSR count). The second-order valence-corrected chi connectivity index (χ2v) is 10.6. The molecule has 8 nitrogen and oxygen atoms in total. The van der Waals surface area contributed by atoms with Gasteiger partial charge in [-0.2, -0.15) is 0 Å². The van der Waals surface area contributed by atoms with Crippen LogP contribution in [0, 0.1) is 0 Å². The number of hydrogen-bond acceptors (Lipinski definition) is 7. The summed E-state index contributed by atoms with van der Waals surface area (Å²) in [5.74, 6) is 1.86. The molecular formula is C29H34N4O4. The number of likely N-dealkylation sites (tertiary alicyclic amines) is 1. The number of benzene rings is 2. The molecule has 0 radical (unpaired) electrons. The summed E-state index contributed by atoms with van der Waals surface area (Å²) in [4.78, 5) is 19.0. The van der Waals surface area contributed by atoms with E-state index in [0.717, 1.165) is 71.1 Å². The van der Waals surface area contributed by atoms with Gasteiger partial charge in [0.2, 0.25) is 0 Å². The summed E-state index contributed by atoms with van der Waals surface area (Å²) in [6.07, 6.45) is 3.15. The number of para-hydroxylation sites is 1. The molecule has 0 atom stereocenters. The van der Waals surface area contributed by atoms with Crippen molar-refractivity contribution >= 4 is 33.7 Å². The third kappa shape index (κ3) is 5.49. The van der Waals surface area contributed by atoms with Gasteiger partial charge in [-0.1, -0.05) is 18.2 Å². The zero-order valence-corrected chi connectivity index (χ0v) is 21.8. The van der Waals surface area contributed by atoms with Crippen LogP contribution in [0.3, 0.4) is 0 Å². The Kier molecular flexibility index (Phi) is 6.69. The third-order valence-corrected chi connectivity index (χ3v) is 6.67. The standard InChI is InChI=1S/C29H34N4O4/c1-29(2,3)37-28(34)32-20-9-11-33(12-10-20)17-18-13-21-22(16-31-27(30)26(21)25(14-18)35-4)24-15-19-7-5-6-8-23(19)36-24/h5-8,13-16,20H,9-12,17H2,1-4H3,(H2,30,31)(H,32,34). The van der Waals surface area contributed by atoms with Gasteiger partial charge >= 0.3 is 6.09 Å². The lowest BCUT2D eigenvalue weighted by molar-refractivity contribution is 0.0477. The molecule has 3 heterocycles. The molecule has 1 amide bonds. The molecule has 194 valence electrons. The number of rotatable bonds is 5. The Morgan fingerprint density at radius 1 is 1.19 bits per heavy atom. The molecule has 3 N–H and O–H groups in total. The first-order valence-electron chi connectivity index (χ1n) is 12.7. The molecule has 8 heteroatoms. The number of amides is 1. The Hall–Kier alpha value is -3.78. The number of hydrogen-bond donors (Lipinski definition) is 2. The highest BCUT2D eigenvalue weighted by molar-refractivity contribution is 6.05. The fraction of sp³-hybridized carbons (Fsp3) is 0.379. The number of nitrogen functional groups attached to an aromatic ring is 1. The van der Waals surface area contributed by atoms with Gasteiger partial charge in [-0.3, -0.25) is 4.90 Å². The zero-order valence-electron chi connectivity index (χ0n) is 21.8. The summed E-state index contributed by atoms with van der Waals surface area (Å²) in [7, 11) is 1.65. The van der Waals surface area contributed by atoms with Crippen LogP contribution in [0.1, 0.15) is 39.2 Å². The Balaban J connectivity index is 1.38. The fourth-order valence-electron chi connectivity index (χ4n) is 4.95. The number of ether oxygens (including phenoxy) is 2. The lowest BCUT2D eigenvalue weighted by Gasteiger charge is -2.33. The summed E-state index contributed by atoms with van der Waals surface area (Å²) in [5.41, 5.74) is 8.63. The number of carbonyl (C=O) groups excluding carboxylic acids is 1. The first-order valence-corrected chi connectivity index (χ1v) is 12.7. The van der Waals surface area contributed by atoms with Crippen molar-refractivity contribution in [3.63, 3.8) is 0 Å².